The van der Waals surface area contributed by atoms with Crippen LogP contribution in [0.4, 0.5) is 19.0 Å². The highest BCUT2D eigenvalue weighted by atomic mass is 19.4. The van der Waals surface area contributed by atoms with Gasteiger partial charge in [0.05, 0.1) is 102 Å². The standard InChI is InChI=1S/C38H60F3N7O8/c1-37(2,3)47-28-5-7-33(48-11-8-31(36(48)50)46-35-29-24-27(38(39,40)41)4-6-30(29)43-26-44-35)32(25-28)45-34(49)9-12-51-14-16-53-18-20-55-22-23-56-21-19-54-17-15-52-13-10-42/h4,6,24,26,28,31-33,47H,5,7-23,25,42H2,1-3H3,(H,45,49)(H,43,44,46)/t28-,31+,32-,33+/m1/s1. The lowest BCUT2D eigenvalue weighted by molar-refractivity contribution is -0.137. The van der Waals surface area contributed by atoms with Gasteiger partial charge in [-0.2, -0.15) is 13.2 Å². The second-order valence-corrected chi connectivity index (χ2v) is 14.8. The van der Waals surface area contributed by atoms with Gasteiger partial charge in [-0.05, 0) is 64.7 Å². The number of benzene rings is 1. The number of anilines is 1. The fourth-order valence-corrected chi connectivity index (χ4v) is 6.83. The normalized spacial score (nSPS) is 20.6. The number of aromatic nitrogens is 2. The first-order valence-corrected chi connectivity index (χ1v) is 19.5. The number of alkyl halides is 3. The molecule has 0 radical (unpaired) electrons. The summed E-state index contributed by atoms with van der Waals surface area (Å²) in [6.45, 7) is 12.3. The van der Waals surface area contributed by atoms with Gasteiger partial charge in [0.2, 0.25) is 11.8 Å². The van der Waals surface area contributed by atoms with Gasteiger partial charge in [0, 0.05) is 36.5 Å². The van der Waals surface area contributed by atoms with Gasteiger partial charge < -0.3 is 55.0 Å². The first-order valence-electron chi connectivity index (χ1n) is 19.5. The van der Waals surface area contributed by atoms with Crippen LogP contribution in [0.3, 0.4) is 0 Å². The van der Waals surface area contributed by atoms with Gasteiger partial charge in [0.25, 0.3) is 0 Å². The van der Waals surface area contributed by atoms with Crippen LogP contribution < -0.4 is 21.7 Å². The number of hydrogen-bond donors (Lipinski definition) is 4. The molecule has 4 atom stereocenters. The number of likely N-dealkylation sites (tertiary alicyclic amines) is 1. The van der Waals surface area contributed by atoms with Crippen LogP contribution in [0.2, 0.25) is 0 Å². The maximum Gasteiger partial charge on any atom is 0.416 e. The Hall–Kier alpha value is -3.23. The van der Waals surface area contributed by atoms with Crippen LogP contribution in [0, 0.1) is 0 Å². The summed E-state index contributed by atoms with van der Waals surface area (Å²) in [7, 11) is 0. The molecule has 1 saturated heterocycles. The van der Waals surface area contributed by atoms with Crippen LogP contribution >= 0.6 is 0 Å². The third kappa shape index (κ3) is 15.6. The monoisotopic (exact) mass is 799 g/mol. The smallest absolute Gasteiger partial charge is 0.379 e. The predicted octanol–water partition coefficient (Wildman–Crippen LogP) is 2.90. The zero-order valence-electron chi connectivity index (χ0n) is 32.9. The van der Waals surface area contributed by atoms with Crippen molar-refractivity contribution in [3.05, 3.63) is 30.1 Å². The number of nitrogens with one attached hydrogen (secondary N) is 3. The number of carbonyl (C=O) groups is 2. The second-order valence-electron chi connectivity index (χ2n) is 14.8. The van der Waals surface area contributed by atoms with Crippen LogP contribution in [-0.4, -0.2) is 149 Å². The molecule has 1 aliphatic carbocycles. The molecule has 0 bridgehead atoms. The number of fused-ring (bicyclic) bond motifs is 1. The first kappa shape index (κ1) is 45.5. The van der Waals surface area contributed by atoms with E-state index in [1.54, 1.807) is 4.90 Å². The topological polar surface area (TPSA) is 181 Å². The highest BCUT2D eigenvalue weighted by molar-refractivity contribution is 5.93. The summed E-state index contributed by atoms with van der Waals surface area (Å²) in [6, 6.07) is 2.18. The van der Waals surface area contributed by atoms with Gasteiger partial charge in [-0.25, -0.2) is 9.97 Å². The zero-order chi connectivity index (χ0) is 40.4. The van der Waals surface area contributed by atoms with E-state index >= 15 is 0 Å². The van der Waals surface area contributed by atoms with Gasteiger partial charge in [0.15, 0.2) is 0 Å². The minimum absolute atomic E-state index is 0.135. The number of amides is 2. The summed E-state index contributed by atoms with van der Waals surface area (Å²) in [5, 5.41) is 10.1. The van der Waals surface area contributed by atoms with Crippen molar-refractivity contribution < 1.29 is 51.2 Å². The predicted molar refractivity (Wildman–Crippen MR) is 203 cm³/mol. The fraction of sp³-hybridized carbons (Fsp3) is 0.737. The molecule has 0 spiro atoms. The Morgan fingerprint density at radius 1 is 0.839 bits per heavy atom. The molecule has 1 saturated carbocycles. The average Bonchev–Trinajstić information content (AvgIpc) is 3.50. The third-order valence-corrected chi connectivity index (χ3v) is 9.31. The average molecular weight is 800 g/mol. The first-order chi connectivity index (χ1) is 26.9. The number of hydrogen-bond acceptors (Lipinski definition) is 13. The Morgan fingerprint density at radius 2 is 1.43 bits per heavy atom. The van der Waals surface area contributed by atoms with Gasteiger partial charge in [-0.15, -0.1) is 0 Å². The van der Waals surface area contributed by atoms with Crippen molar-refractivity contribution in [3.63, 3.8) is 0 Å². The van der Waals surface area contributed by atoms with Crippen molar-refractivity contribution in [1.29, 1.82) is 0 Å². The van der Waals surface area contributed by atoms with E-state index < -0.39 is 17.8 Å². The van der Waals surface area contributed by atoms with Crippen LogP contribution in [-0.2, 0) is 44.2 Å². The third-order valence-electron chi connectivity index (χ3n) is 9.31. The summed E-state index contributed by atoms with van der Waals surface area (Å²) in [5.41, 5.74) is 4.73. The lowest BCUT2D eigenvalue weighted by Crippen LogP contribution is -2.59. The largest absolute Gasteiger partial charge is 0.416 e. The highest BCUT2D eigenvalue weighted by Gasteiger charge is 2.43. The second kappa shape index (κ2) is 23.2. The number of nitrogens with zero attached hydrogens (tertiary/aromatic N) is 3. The maximum absolute atomic E-state index is 13.8. The van der Waals surface area contributed by atoms with E-state index in [1.807, 2.05) is 0 Å². The van der Waals surface area contributed by atoms with Crippen molar-refractivity contribution >= 4 is 28.5 Å². The van der Waals surface area contributed by atoms with Gasteiger partial charge >= 0.3 is 6.18 Å². The SMILES string of the molecule is CC(C)(C)N[C@@H]1CC[C@H](N2CC[C@H](Nc3ncnc4ccc(C(F)(F)F)cc34)C2=O)[C@H](NC(=O)CCOCCOCCOCCOCCOCCOCCN)C1. The van der Waals surface area contributed by atoms with E-state index in [9.17, 15) is 22.8 Å². The van der Waals surface area contributed by atoms with Crippen molar-refractivity contribution in [3.8, 4) is 0 Å². The maximum atomic E-state index is 13.8. The molecule has 2 aliphatic rings. The number of halogens is 3. The number of rotatable bonds is 25. The summed E-state index contributed by atoms with van der Waals surface area (Å²) in [4.78, 5) is 37.1. The molecular formula is C38H60F3N7O8. The molecule has 4 rings (SSSR count). The Balaban J connectivity index is 1.16. The van der Waals surface area contributed by atoms with Crippen molar-refractivity contribution in [2.75, 3.05) is 97.7 Å². The zero-order valence-corrected chi connectivity index (χ0v) is 32.9. The van der Waals surface area contributed by atoms with E-state index in [0.29, 0.717) is 111 Å². The Bertz CT molecular complexity index is 1490. The molecule has 5 N–H and O–H groups in total. The molecule has 2 heterocycles. The summed E-state index contributed by atoms with van der Waals surface area (Å²) < 4.78 is 73.2. The Kier molecular flexibility index (Phi) is 18.9. The molecule has 1 aromatic carbocycles. The molecule has 15 nitrogen and oxygen atoms in total. The van der Waals surface area contributed by atoms with E-state index in [1.165, 1.54) is 12.4 Å². The minimum atomic E-state index is -4.53. The molecular weight excluding hydrogens is 739 g/mol. The van der Waals surface area contributed by atoms with E-state index in [-0.39, 0.29) is 59.7 Å². The molecule has 0 unspecified atom stereocenters. The Labute approximate surface area is 327 Å². The molecule has 56 heavy (non-hydrogen) atoms. The van der Waals surface area contributed by atoms with Crippen LogP contribution in [0.5, 0.6) is 0 Å². The number of nitrogens with two attached hydrogens (primary N) is 1. The summed E-state index contributed by atoms with van der Waals surface area (Å²) >= 11 is 0. The van der Waals surface area contributed by atoms with Gasteiger partial charge in [-0.3, -0.25) is 9.59 Å². The van der Waals surface area contributed by atoms with Crippen molar-refractivity contribution in [1.82, 2.24) is 25.5 Å². The van der Waals surface area contributed by atoms with E-state index in [0.717, 1.165) is 18.6 Å². The molecule has 316 valence electrons. The fourth-order valence-electron chi connectivity index (χ4n) is 6.83. The molecule has 2 aromatic rings. The lowest BCUT2D eigenvalue weighted by Gasteiger charge is -2.43. The Morgan fingerprint density at radius 3 is 2.00 bits per heavy atom. The molecule has 2 fully saturated rings. The van der Waals surface area contributed by atoms with E-state index in [2.05, 4.69) is 46.7 Å². The molecule has 1 aliphatic heterocycles. The van der Waals surface area contributed by atoms with Crippen LogP contribution in [0.1, 0.15) is 58.4 Å². The van der Waals surface area contributed by atoms with Gasteiger partial charge in [0.1, 0.15) is 18.2 Å². The molecule has 1 aromatic heterocycles. The number of ether oxygens (including phenoxy) is 6. The summed E-state index contributed by atoms with van der Waals surface area (Å²) in [6.07, 6.45) is -0.561. The van der Waals surface area contributed by atoms with Crippen molar-refractivity contribution in [2.45, 2.75) is 88.8 Å². The summed E-state index contributed by atoms with van der Waals surface area (Å²) in [5.74, 6) is -0.187. The van der Waals surface area contributed by atoms with Crippen LogP contribution in [0.25, 0.3) is 10.9 Å². The van der Waals surface area contributed by atoms with Gasteiger partial charge in [-0.1, -0.05) is 0 Å². The quantitative estimate of drug-likeness (QED) is 0.108. The highest BCUT2D eigenvalue weighted by Crippen LogP contribution is 2.34. The van der Waals surface area contributed by atoms with Crippen molar-refractivity contribution in [2.24, 2.45) is 5.73 Å². The van der Waals surface area contributed by atoms with E-state index in [4.69, 9.17) is 34.2 Å². The minimum Gasteiger partial charge on any atom is -0.379 e. The lowest BCUT2D eigenvalue weighted by atomic mass is 9.84. The molecule has 18 heteroatoms. The molecule has 2 amide bonds. The number of carbonyl (C=O) groups excluding carboxylic acids is 2. The van der Waals surface area contributed by atoms with Crippen LogP contribution in [0.15, 0.2) is 24.5 Å².